The van der Waals surface area contributed by atoms with Gasteiger partial charge in [0, 0.05) is 24.8 Å². The minimum Gasteiger partial charge on any atom is -0.497 e. The summed E-state index contributed by atoms with van der Waals surface area (Å²) in [4.78, 5) is 22.9. The molecule has 0 N–H and O–H groups in total. The van der Waals surface area contributed by atoms with Gasteiger partial charge in [-0.15, -0.1) is 0 Å². The van der Waals surface area contributed by atoms with Crippen molar-refractivity contribution in [3.05, 3.63) is 98.6 Å². The number of rotatable bonds is 13. The molecular weight excluding hydrogens is 466 g/mol. The molecule has 3 aromatic carbocycles. The van der Waals surface area contributed by atoms with Gasteiger partial charge in [0.15, 0.2) is 0 Å². The molecule has 3 aromatic rings. The van der Waals surface area contributed by atoms with E-state index >= 15 is 0 Å². The van der Waals surface area contributed by atoms with Crippen LogP contribution in [0.2, 0.25) is 5.02 Å². The summed E-state index contributed by atoms with van der Waals surface area (Å²) in [5, 5.41) is 11.1. The van der Waals surface area contributed by atoms with Crippen LogP contribution in [0.1, 0.15) is 54.7 Å². The molecule has 0 radical (unpaired) electrons. The minimum atomic E-state index is -0.529. The fourth-order valence-electron chi connectivity index (χ4n) is 4.17. The third-order valence-electron chi connectivity index (χ3n) is 6.09. The number of ketones is 1. The van der Waals surface area contributed by atoms with Crippen LogP contribution in [-0.4, -0.2) is 24.9 Å². The lowest BCUT2D eigenvalue weighted by atomic mass is 9.86. The van der Waals surface area contributed by atoms with Gasteiger partial charge in [0.2, 0.25) is 0 Å². The van der Waals surface area contributed by atoms with E-state index < -0.39 is 4.92 Å². The maximum absolute atomic E-state index is 12.4. The molecule has 0 bridgehead atoms. The van der Waals surface area contributed by atoms with Crippen LogP contribution in [0.3, 0.4) is 0 Å². The van der Waals surface area contributed by atoms with Gasteiger partial charge in [0.05, 0.1) is 19.1 Å². The molecule has 3 rings (SSSR count). The quantitative estimate of drug-likeness (QED) is 0.143. The number of ether oxygens (including phenoxy) is 2. The molecule has 184 valence electrons. The van der Waals surface area contributed by atoms with Crippen molar-refractivity contribution < 1.29 is 19.2 Å². The highest BCUT2D eigenvalue weighted by Gasteiger charge is 2.16. The largest absolute Gasteiger partial charge is 0.497 e. The first-order chi connectivity index (χ1) is 16.9. The van der Waals surface area contributed by atoms with E-state index in [9.17, 15) is 14.9 Å². The maximum Gasteiger partial charge on any atom is 0.288 e. The normalized spacial score (nSPS) is 10.9. The highest BCUT2D eigenvalue weighted by atomic mass is 35.5. The smallest absolute Gasteiger partial charge is 0.288 e. The van der Waals surface area contributed by atoms with Gasteiger partial charge < -0.3 is 9.47 Å². The van der Waals surface area contributed by atoms with Gasteiger partial charge in [0.25, 0.3) is 5.69 Å². The van der Waals surface area contributed by atoms with Crippen LogP contribution < -0.4 is 9.47 Å². The summed E-state index contributed by atoms with van der Waals surface area (Å²) >= 11 is 5.85. The Morgan fingerprint density at radius 3 is 1.97 bits per heavy atom. The van der Waals surface area contributed by atoms with E-state index in [1.165, 1.54) is 23.3 Å². The molecule has 0 aliphatic carbocycles. The summed E-state index contributed by atoms with van der Waals surface area (Å²) in [5.41, 5.74) is 2.89. The van der Waals surface area contributed by atoms with Crippen molar-refractivity contribution in [2.75, 3.05) is 14.2 Å². The van der Waals surface area contributed by atoms with Crippen LogP contribution in [0.4, 0.5) is 5.69 Å². The summed E-state index contributed by atoms with van der Waals surface area (Å²) in [6.45, 7) is 0. The molecule has 35 heavy (non-hydrogen) atoms. The topological polar surface area (TPSA) is 78.7 Å². The van der Waals surface area contributed by atoms with Crippen LogP contribution in [0.5, 0.6) is 11.5 Å². The number of halogens is 1. The fraction of sp³-hybridized carbons (Fsp3) is 0.321. The second-order valence-corrected chi connectivity index (χ2v) is 8.86. The molecular formula is C28H30ClNO5. The van der Waals surface area contributed by atoms with Gasteiger partial charge >= 0.3 is 0 Å². The summed E-state index contributed by atoms with van der Waals surface area (Å²) in [7, 11) is 3.32. The second-order valence-electron chi connectivity index (χ2n) is 8.46. The fourth-order valence-corrected chi connectivity index (χ4v) is 4.36. The van der Waals surface area contributed by atoms with Gasteiger partial charge in [-0.1, -0.05) is 54.8 Å². The van der Waals surface area contributed by atoms with Gasteiger partial charge in [-0.2, -0.15) is 0 Å². The number of nitrogens with zero attached hydrogens (tertiary/aromatic N) is 1. The number of carbonyl (C=O) groups is 1. The van der Waals surface area contributed by atoms with Crippen molar-refractivity contribution >= 4 is 23.1 Å². The second kappa shape index (κ2) is 12.9. The van der Waals surface area contributed by atoms with Crippen molar-refractivity contribution in [3.8, 4) is 11.5 Å². The lowest BCUT2D eigenvalue weighted by Crippen LogP contribution is -2.04. The van der Waals surface area contributed by atoms with E-state index in [0.29, 0.717) is 12.0 Å². The molecule has 0 aromatic heterocycles. The molecule has 6 nitrogen and oxygen atoms in total. The van der Waals surface area contributed by atoms with Crippen molar-refractivity contribution in [1.82, 2.24) is 0 Å². The lowest BCUT2D eigenvalue weighted by molar-refractivity contribution is -0.384. The predicted molar refractivity (Wildman–Crippen MR) is 138 cm³/mol. The molecule has 0 fully saturated rings. The van der Waals surface area contributed by atoms with Crippen molar-refractivity contribution in [1.29, 1.82) is 0 Å². The molecule has 0 unspecified atom stereocenters. The molecule has 0 spiro atoms. The molecule has 0 saturated carbocycles. The van der Waals surface area contributed by atoms with E-state index in [2.05, 4.69) is 24.3 Å². The first-order valence-electron chi connectivity index (χ1n) is 11.6. The third-order valence-corrected chi connectivity index (χ3v) is 6.41. The number of nitro benzene ring substituents is 1. The summed E-state index contributed by atoms with van der Waals surface area (Å²) in [6.07, 6.45) is 4.27. The third kappa shape index (κ3) is 7.55. The van der Waals surface area contributed by atoms with E-state index in [1.54, 1.807) is 20.3 Å². The first kappa shape index (κ1) is 26.2. The van der Waals surface area contributed by atoms with Gasteiger partial charge in [-0.25, -0.2) is 0 Å². The Morgan fingerprint density at radius 1 is 0.886 bits per heavy atom. The first-order valence-corrected chi connectivity index (χ1v) is 12.0. The minimum absolute atomic E-state index is 0.0727. The average Bonchev–Trinajstić information content (AvgIpc) is 2.87. The Kier molecular flexibility index (Phi) is 9.67. The number of carbonyl (C=O) groups excluding carboxylic acids is 1. The van der Waals surface area contributed by atoms with E-state index in [1.807, 2.05) is 24.3 Å². The van der Waals surface area contributed by atoms with Crippen molar-refractivity contribution in [3.63, 3.8) is 0 Å². The highest BCUT2D eigenvalue weighted by Crippen LogP contribution is 2.32. The number of Topliss-reactive ketones (excluding diaryl/α,β-unsaturated/α-hetero) is 1. The Balaban J connectivity index is 1.54. The molecule has 0 saturated heterocycles. The van der Waals surface area contributed by atoms with E-state index in [-0.39, 0.29) is 28.8 Å². The van der Waals surface area contributed by atoms with Crippen LogP contribution in [-0.2, 0) is 11.2 Å². The van der Waals surface area contributed by atoms with Gasteiger partial charge in [-0.3, -0.25) is 14.9 Å². The SMILES string of the molecule is COc1ccc(C(CCCCCC(=O)Cc2ccc(Cl)c([N+](=O)[O-])c2)c2ccc(OC)cc2)cc1. The van der Waals surface area contributed by atoms with Crippen LogP contribution >= 0.6 is 11.6 Å². The molecule has 0 aliphatic rings. The molecule has 0 heterocycles. The summed E-state index contributed by atoms with van der Waals surface area (Å²) < 4.78 is 10.6. The van der Waals surface area contributed by atoms with Crippen LogP contribution in [0.15, 0.2) is 66.7 Å². The zero-order valence-electron chi connectivity index (χ0n) is 20.0. The summed E-state index contributed by atoms with van der Waals surface area (Å²) in [6, 6.07) is 20.8. The average molecular weight is 496 g/mol. The van der Waals surface area contributed by atoms with Crippen molar-refractivity contribution in [2.45, 2.75) is 44.4 Å². The number of hydrogen-bond donors (Lipinski definition) is 0. The standard InChI is InChI=1S/C28H30ClNO5/c1-34-24-13-9-21(10-14-24)26(22-11-15-25(35-2)16-12-22)7-5-3-4-6-23(31)18-20-8-17-27(29)28(19-20)30(32)33/h8-17,19,26H,3-7,18H2,1-2H3. The molecule has 0 amide bonds. The van der Waals surface area contributed by atoms with Crippen LogP contribution in [0, 0.1) is 10.1 Å². The number of unbranched alkanes of at least 4 members (excludes halogenated alkanes) is 2. The Hall–Kier alpha value is -3.38. The van der Waals surface area contributed by atoms with Gasteiger partial charge in [0.1, 0.15) is 22.3 Å². The monoisotopic (exact) mass is 495 g/mol. The molecule has 7 heteroatoms. The Labute approximate surface area is 211 Å². The molecule has 0 aliphatic heterocycles. The number of hydrogen-bond acceptors (Lipinski definition) is 5. The zero-order chi connectivity index (χ0) is 25.2. The zero-order valence-corrected chi connectivity index (χ0v) is 20.8. The summed E-state index contributed by atoms with van der Waals surface area (Å²) in [5.74, 6) is 1.96. The number of benzene rings is 3. The Bertz CT molecular complexity index is 1080. The van der Waals surface area contributed by atoms with E-state index in [0.717, 1.165) is 37.2 Å². The van der Waals surface area contributed by atoms with Crippen LogP contribution in [0.25, 0.3) is 0 Å². The predicted octanol–water partition coefficient (Wildman–Crippen LogP) is 7.16. The molecule has 0 atom stereocenters. The maximum atomic E-state index is 12.4. The highest BCUT2D eigenvalue weighted by molar-refractivity contribution is 6.32. The number of methoxy groups -OCH3 is 2. The van der Waals surface area contributed by atoms with Gasteiger partial charge in [-0.05, 0) is 59.9 Å². The Morgan fingerprint density at radius 2 is 1.46 bits per heavy atom. The van der Waals surface area contributed by atoms with E-state index in [4.69, 9.17) is 21.1 Å². The number of nitro groups is 1. The lowest BCUT2D eigenvalue weighted by Gasteiger charge is -2.19. The van der Waals surface area contributed by atoms with Crippen molar-refractivity contribution in [2.24, 2.45) is 0 Å².